The normalized spacial score (nSPS) is 19.7. The highest BCUT2D eigenvalue weighted by Gasteiger charge is 2.39. The van der Waals surface area contributed by atoms with Gasteiger partial charge in [-0.15, -0.1) is 5.10 Å². The lowest BCUT2D eigenvalue weighted by molar-refractivity contribution is -0.136. The number of nitrogens with zero attached hydrogens (tertiary/aromatic N) is 4. The number of hydrogen-bond acceptors (Lipinski definition) is 6. The van der Waals surface area contributed by atoms with E-state index >= 15 is 0 Å². The average molecular weight is 460 g/mol. The van der Waals surface area contributed by atoms with Crippen LogP contribution in [0.5, 0.6) is 0 Å². The van der Waals surface area contributed by atoms with E-state index in [0.717, 1.165) is 22.3 Å². The van der Waals surface area contributed by atoms with Gasteiger partial charge in [-0.1, -0.05) is 41.1 Å². The maximum absolute atomic E-state index is 12.9. The Morgan fingerprint density at radius 1 is 1.12 bits per heavy atom. The van der Waals surface area contributed by atoms with Crippen molar-refractivity contribution < 1.29 is 19.5 Å². The van der Waals surface area contributed by atoms with Gasteiger partial charge in [-0.2, -0.15) is 0 Å². The van der Waals surface area contributed by atoms with Crippen LogP contribution in [-0.2, 0) is 16.1 Å². The molecule has 2 N–H and O–H groups in total. The molecule has 3 atom stereocenters. The Kier molecular flexibility index (Phi) is 5.49. The summed E-state index contributed by atoms with van der Waals surface area (Å²) in [5.41, 5.74) is 4.69. The number of imide groups is 1. The van der Waals surface area contributed by atoms with Gasteiger partial charge in [0.2, 0.25) is 11.8 Å². The number of aliphatic hydroxyl groups excluding tert-OH is 1. The fourth-order valence-corrected chi connectivity index (χ4v) is 4.53. The predicted octanol–water partition coefficient (Wildman–Crippen LogP) is 2.31. The number of amides is 3. The number of carbonyl (C=O) groups is 3. The minimum absolute atomic E-state index is 0.213. The van der Waals surface area contributed by atoms with Gasteiger partial charge in [-0.25, -0.2) is 4.68 Å². The van der Waals surface area contributed by atoms with Gasteiger partial charge >= 0.3 is 0 Å². The zero-order valence-corrected chi connectivity index (χ0v) is 18.9. The minimum atomic E-state index is -0.741. The van der Waals surface area contributed by atoms with Crippen molar-refractivity contribution in [2.45, 2.75) is 51.4 Å². The van der Waals surface area contributed by atoms with Crippen LogP contribution in [-0.4, -0.2) is 48.8 Å². The zero-order chi connectivity index (χ0) is 24.0. The molecule has 2 aliphatic heterocycles. The van der Waals surface area contributed by atoms with Crippen molar-refractivity contribution in [2.24, 2.45) is 0 Å². The highest BCUT2D eigenvalue weighted by Crippen LogP contribution is 2.32. The molecule has 0 bridgehead atoms. The maximum atomic E-state index is 12.9. The summed E-state index contributed by atoms with van der Waals surface area (Å²) in [6.45, 7) is 4.17. The van der Waals surface area contributed by atoms with Crippen molar-refractivity contribution in [3.63, 3.8) is 0 Å². The highest BCUT2D eigenvalue weighted by atomic mass is 16.3. The first-order chi connectivity index (χ1) is 16.3. The summed E-state index contributed by atoms with van der Waals surface area (Å²) in [6, 6.07) is 12.2. The molecular formula is C25H25N5O4. The second-order valence-electron chi connectivity index (χ2n) is 8.95. The standard InChI is InChI=1S/C25H25N5O4/c1-14-3-5-16(6-4-14)23(32)15(2)30-13-20(27-28-30)17-7-8-19-18(11-17)12-29(25(19)34)21-9-10-22(31)26-24(21)33/h3-8,11,13,15,21,23,32H,9-10,12H2,1-2H3,(H,26,31,33). The molecule has 9 heteroatoms. The quantitative estimate of drug-likeness (QED) is 0.566. The molecule has 0 aliphatic carbocycles. The lowest BCUT2D eigenvalue weighted by Gasteiger charge is -2.29. The van der Waals surface area contributed by atoms with Crippen LogP contribution >= 0.6 is 0 Å². The van der Waals surface area contributed by atoms with Crippen molar-refractivity contribution in [1.82, 2.24) is 25.2 Å². The highest BCUT2D eigenvalue weighted by molar-refractivity contribution is 6.05. The van der Waals surface area contributed by atoms with Crippen LogP contribution < -0.4 is 5.32 Å². The van der Waals surface area contributed by atoms with E-state index in [2.05, 4.69) is 15.6 Å². The van der Waals surface area contributed by atoms with Gasteiger partial charge < -0.3 is 10.0 Å². The molecule has 1 aromatic heterocycles. The number of carbonyl (C=O) groups excluding carboxylic acids is 3. The molecule has 2 aliphatic rings. The number of aromatic nitrogens is 3. The van der Waals surface area contributed by atoms with Gasteiger partial charge in [0.15, 0.2) is 0 Å². The van der Waals surface area contributed by atoms with Crippen molar-refractivity contribution in [3.8, 4) is 11.3 Å². The van der Waals surface area contributed by atoms with Crippen LogP contribution in [0.4, 0.5) is 0 Å². The van der Waals surface area contributed by atoms with Crippen molar-refractivity contribution in [2.75, 3.05) is 0 Å². The number of hydrogen-bond donors (Lipinski definition) is 2. The van der Waals surface area contributed by atoms with E-state index in [-0.39, 0.29) is 24.3 Å². The van der Waals surface area contributed by atoms with Gasteiger partial charge in [0.25, 0.3) is 5.91 Å². The van der Waals surface area contributed by atoms with Crippen LogP contribution in [0, 0.1) is 6.92 Å². The van der Waals surface area contributed by atoms with Crippen molar-refractivity contribution in [1.29, 1.82) is 0 Å². The van der Waals surface area contributed by atoms with Crippen molar-refractivity contribution >= 4 is 17.7 Å². The zero-order valence-electron chi connectivity index (χ0n) is 18.9. The Morgan fingerprint density at radius 3 is 2.62 bits per heavy atom. The van der Waals surface area contributed by atoms with E-state index in [9.17, 15) is 19.5 Å². The molecule has 2 aromatic carbocycles. The number of benzene rings is 2. The molecule has 5 rings (SSSR count). The van der Waals surface area contributed by atoms with E-state index in [4.69, 9.17) is 0 Å². The molecule has 3 amide bonds. The predicted molar refractivity (Wildman–Crippen MR) is 122 cm³/mol. The number of fused-ring (bicyclic) bond motifs is 1. The third kappa shape index (κ3) is 3.88. The summed E-state index contributed by atoms with van der Waals surface area (Å²) in [7, 11) is 0. The van der Waals surface area contributed by atoms with Gasteiger partial charge in [-0.05, 0) is 43.5 Å². The molecule has 0 saturated carbocycles. The lowest BCUT2D eigenvalue weighted by atomic mass is 10.0. The van der Waals surface area contributed by atoms with E-state index < -0.39 is 18.1 Å². The Hall–Kier alpha value is -3.85. The fraction of sp³-hybridized carbons (Fsp3) is 0.320. The maximum Gasteiger partial charge on any atom is 0.255 e. The van der Waals surface area contributed by atoms with Crippen molar-refractivity contribution in [3.05, 3.63) is 70.9 Å². The van der Waals surface area contributed by atoms with Crippen LogP contribution in [0.1, 0.15) is 59.0 Å². The number of piperidine rings is 1. The van der Waals surface area contributed by atoms with E-state index in [1.807, 2.05) is 44.2 Å². The topological polar surface area (TPSA) is 117 Å². The molecule has 9 nitrogen and oxygen atoms in total. The summed E-state index contributed by atoms with van der Waals surface area (Å²) in [4.78, 5) is 38.1. The first-order valence-corrected chi connectivity index (χ1v) is 11.3. The molecule has 34 heavy (non-hydrogen) atoms. The summed E-state index contributed by atoms with van der Waals surface area (Å²) >= 11 is 0. The first-order valence-electron chi connectivity index (χ1n) is 11.3. The third-order valence-electron chi connectivity index (χ3n) is 6.62. The van der Waals surface area contributed by atoms with Gasteiger partial charge in [0, 0.05) is 24.1 Å². The SMILES string of the molecule is Cc1ccc(C(O)C(C)n2cc(-c3ccc4c(c3)CN(C3CCC(=O)NC3=O)C4=O)nn2)cc1. The fourth-order valence-electron chi connectivity index (χ4n) is 4.53. The van der Waals surface area contributed by atoms with Crippen LogP contribution in [0.25, 0.3) is 11.3 Å². The molecular weight excluding hydrogens is 434 g/mol. The van der Waals surface area contributed by atoms with Gasteiger partial charge in [0.1, 0.15) is 17.8 Å². The van der Waals surface area contributed by atoms with E-state index in [1.165, 1.54) is 4.90 Å². The van der Waals surface area contributed by atoms with Crippen LogP contribution in [0.3, 0.4) is 0 Å². The van der Waals surface area contributed by atoms with Crippen LogP contribution in [0.15, 0.2) is 48.7 Å². The minimum Gasteiger partial charge on any atom is -0.386 e. The second-order valence-corrected chi connectivity index (χ2v) is 8.95. The molecule has 3 unspecified atom stereocenters. The summed E-state index contributed by atoms with van der Waals surface area (Å²) in [6.07, 6.45) is 1.58. The van der Waals surface area contributed by atoms with E-state index in [1.54, 1.807) is 23.0 Å². The molecule has 174 valence electrons. The number of aliphatic hydroxyl groups is 1. The Balaban J connectivity index is 1.34. The Morgan fingerprint density at radius 2 is 1.88 bits per heavy atom. The summed E-state index contributed by atoms with van der Waals surface area (Å²) < 4.78 is 1.63. The number of aryl methyl sites for hydroxylation is 1. The number of nitrogens with one attached hydrogen (secondary N) is 1. The average Bonchev–Trinajstić information content (AvgIpc) is 3.44. The van der Waals surface area contributed by atoms with Gasteiger partial charge in [-0.3, -0.25) is 19.7 Å². The first kappa shape index (κ1) is 22.0. The molecule has 3 aromatic rings. The van der Waals surface area contributed by atoms with Gasteiger partial charge in [0.05, 0.1) is 12.2 Å². The molecule has 0 spiro atoms. The Labute approximate surface area is 196 Å². The van der Waals surface area contributed by atoms with E-state index in [0.29, 0.717) is 24.2 Å². The molecule has 1 saturated heterocycles. The molecule has 0 radical (unpaired) electrons. The Bertz CT molecular complexity index is 1280. The second kappa shape index (κ2) is 8.49. The lowest BCUT2D eigenvalue weighted by Crippen LogP contribution is -2.52. The third-order valence-corrected chi connectivity index (χ3v) is 6.62. The number of rotatable bonds is 5. The summed E-state index contributed by atoms with van der Waals surface area (Å²) in [5, 5.41) is 21.6. The monoisotopic (exact) mass is 459 g/mol. The largest absolute Gasteiger partial charge is 0.386 e. The molecule has 3 heterocycles. The summed E-state index contributed by atoms with van der Waals surface area (Å²) in [5.74, 6) is -0.950. The smallest absolute Gasteiger partial charge is 0.255 e. The molecule has 1 fully saturated rings. The van der Waals surface area contributed by atoms with Crippen LogP contribution in [0.2, 0.25) is 0 Å².